The average Bonchev–Trinajstić information content (AvgIpc) is 3.16. The van der Waals surface area contributed by atoms with E-state index in [1.807, 2.05) is 36.9 Å². The molecule has 1 aromatic rings. The van der Waals surface area contributed by atoms with Crippen LogP contribution in [0, 0.1) is 11.8 Å². The summed E-state index contributed by atoms with van der Waals surface area (Å²) in [6.45, 7) is 6.77. The zero-order valence-electron chi connectivity index (χ0n) is 14.5. The van der Waals surface area contributed by atoms with Crippen LogP contribution >= 0.6 is 0 Å². The van der Waals surface area contributed by atoms with Gasteiger partial charge in [0.1, 0.15) is 13.2 Å². The number of carbonyl (C=O) groups excluding carboxylic acids is 1. The fraction of sp³-hybridized carbons (Fsp3) is 0.632. The van der Waals surface area contributed by atoms with E-state index in [1.54, 1.807) is 0 Å². The van der Waals surface area contributed by atoms with Gasteiger partial charge in [0, 0.05) is 19.1 Å². The Kier molecular flexibility index (Phi) is 3.71. The van der Waals surface area contributed by atoms with Crippen LogP contribution in [-0.4, -0.2) is 43.2 Å². The number of nitrogens with two attached hydrogens (primary N) is 1. The van der Waals surface area contributed by atoms with Gasteiger partial charge in [-0.1, -0.05) is 6.07 Å². The number of hydrogen-bond acceptors (Lipinski definition) is 4. The number of carbonyl (C=O) groups is 1. The number of benzene rings is 1. The highest BCUT2D eigenvalue weighted by atomic mass is 16.6. The predicted octanol–water partition coefficient (Wildman–Crippen LogP) is 1.93. The van der Waals surface area contributed by atoms with Crippen LogP contribution in [0.5, 0.6) is 11.5 Å². The van der Waals surface area contributed by atoms with Gasteiger partial charge in [-0.25, -0.2) is 0 Å². The van der Waals surface area contributed by atoms with Crippen LogP contribution in [0.4, 0.5) is 0 Å². The second-order valence-corrected chi connectivity index (χ2v) is 7.86. The van der Waals surface area contributed by atoms with Crippen molar-refractivity contribution in [1.82, 2.24) is 4.90 Å². The summed E-state index contributed by atoms with van der Waals surface area (Å²) in [5.41, 5.74) is 6.60. The number of likely N-dealkylation sites (tertiary alicyclic amines) is 1. The van der Waals surface area contributed by atoms with Crippen molar-refractivity contribution in [2.45, 2.75) is 38.1 Å². The minimum absolute atomic E-state index is 0.181. The number of rotatable bonds is 2. The molecule has 3 unspecified atom stereocenters. The summed E-state index contributed by atoms with van der Waals surface area (Å²) in [5, 5.41) is 0. The van der Waals surface area contributed by atoms with Crippen LogP contribution in [0.25, 0.3) is 0 Å². The summed E-state index contributed by atoms with van der Waals surface area (Å²) >= 11 is 0. The smallest absolute Gasteiger partial charge is 0.232 e. The molecule has 0 aromatic heterocycles. The van der Waals surface area contributed by atoms with Crippen molar-refractivity contribution in [2.75, 3.05) is 26.3 Å². The molecule has 5 nitrogen and oxygen atoms in total. The van der Waals surface area contributed by atoms with Gasteiger partial charge in [-0.05, 0) is 56.2 Å². The summed E-state index contributed by atoms with van der Waals surface area (Å²) in [6.07, 6.45) is 2.25. The van der Waals surface area contributed by atoms with Crippen molar-refractivity contribution < 1.29 is 14.3 Å². The Balaban J connectivity index is 1.55. The second-order valence-electron chi connectivity index (χ2n) is 7.86. The van der Waals surface area contributed by atoms with Gasteiger partial charge in [0.15, 0.2) is 11.5 Å². The van der Waals surface area contributed by atoms with Gasteiger partial charge in [0.05, 0.1) is 5.41 Å². The van der Waals surface area contributed by atoms with E-state index in [4.69, 9.17) is 15.2 Å². The van der Waals surface area contributed by atoms with E-state index < -0.39 is 5.41 Å². The molecular formula is C19H26N2O3. The van der Waals surface area contributed by atoms with Crippen molar-refractivity contribution >= 4 is 5.91 Å². The third-order valence-electron chi connectivity index (χ3n) is 6.00. The van der Waals surface area contributed by atoms with Gasteiger partial charge in [-0.2, -0.15) is 0 Å². The Morgan fingerprint density at radius 3 is 2.67 bits per heavy atom. The fourth-order valence-corrected chi connectivity index (χ4v) is 4.42. The van der Waals surface area contributed by atoms with Crippen molar-refractivity contribution in [3.05, 3.63) is 23.8 Å². The lowest BCUT2D eigenvalue weighted by atomic mass is 9.83. The molecule has 4 rings (SSSR count). The predicted molar refractivity (Wildman–Crippen MR) is 91.2 cm³/mol. The Hall–Kier alpha value is -1.75. The number of ether oxygens (including phenoxy) is 2. The number of hydrogen-bond donors (Lipinski definition) is 1. The van der Waals surface area contributed by atoms with Crippen molar-refractivity contribution in [1.29, 1.82) is 0 Å². The van der Waals surface area contributed by atoms with E-state index in [0.29, 0.717) is 25.0 Å². The quantitative estimate of drug-likeness (QED) is 0.900. The number of fused-ring (bicyclic) bond motifs is 2. The maximum atomic E-state index is 13.2. The van der Waals surface area contributed by atoms with Crippen LogP contribution in [0.2, 0.25) is 0 Å². The van der Waals surface area contributed by atoms with Crippen molar-refractivity contribution in [3.63, 3.8) is 0 Å². The Bertz CT molecular complexity index is 658. The standard InChI is InChI=1S/C19H26N2O3/c1-19(2,13-4-6-16-17(9-13)24-8-7-23-16)18(22)21-10-12-3-5-15(20)14(12)11-21/h4,6,9,12,14-15H,3,5,7-8,10-11,20H2,1-2H3. The van der Waals surface area contributed by atoms with Crippen LogP contribution in [0.15, 0.2) is 18.2 Å². The van der Waals surface area contributed by atoms with E-state index in [1.165, 1.54) is 0 Å². The van der Waals surface area contributed by atoms with Gasteiger partial charge >= 0.3 is 0 Å². The van der Waals surface area contributed by atoms with Gasteiger partial charge in [-0.15, -0.1) is 0 Å². The molecule has 1 saturated carbocycles. The molecule has 1 amide bonds. The lowest BCUT2D eigenvalue weighted by molar-refractivity contribution is -0.135. The van der Waals surface area contributed by atoms with Crippen LogP contribution in [0.1, 0.15) is 32.3 Å². The highest BCUT2D eigenvalue weighted by molar-refractivity contribution is 5.88. The summed E-state index contributed by atoms with van der Waals surface area (Å²) in [4.78, 5) is 15.2. The maximum Gasteiger partial charge on any atom is 0.232 e. The van der Waals surface area contributed by atoms with Crippen molar-refractivity contribution in [2.24, 2.45) is 17.6 Å². The molecule has 2 fully saturated rings. The highest BCUT2D eigenvalue weighted by Crippen LogP contribution is 2.40. The summed E-state index contributed by atoms with van der Waals surface area (Å²) in [6, 6.07) is 6.10. The van der Waals surface area contributed by atoms with E-state index in [9.17, 15) is 4.79 Å². The molecule has 24 heavy (non-hydrogen) atoms. The third kappa shape index (κ3) is 2.46. The van der Waals surface area contributed by atoms with E-state index in [0.717, 1.165) is 43.0 Å². The van der Waals surface area contributed by atoms with E-state index in [-0.39, 0.29) is 11.9 Å². The molecular weight excluding hydrogens is 304 g/mol. The summed E-state index contributed by atoms with van der Waals surface area (Å²) in [5.74, 6) is 2.74. The SMILES string of the molecule is CC(C)(C(=O)N1CC2CCC(N)C2C1)c1ccc2c(c1)OCCO2. The summed E-state index contributed by atoms with van der Waals surface area (Å²) in [7, 11) is 0. The molecule has 1 aliphatic carbocycles. The molecule has 1 aromatic carbocycles. The molecule has 5 heteroatoms. The lowest BCUT2D eigenvalue weighted by Crippen LogP contribution is -2.43. The molecule has 2 N–H and O–H groups in total. The van der Waals surface area contributed by atoms with Gasteiger partial charge in [-0.3, -0.25) is 4.79 Å². The molecule has 2 aliphatic heterocycles. The fourth-order valence-electron chi connectivity index (χ4n) is 4.42. The Morgan fingerprint density at radius 1 is 1.17 bits per heavy atom. The average molecular weight is 330 g/mol. The maximum absolute atomic E-state index is 13.2. The molecule has 0 bridgehead atoms. The Labute approximate surface area is 143 Å². The molecule has 0 radical (unpaired) electrons. The highest BCUT2D eigenvalue weighted by Gasteiger charge is 2.45. The molecule has 0 spiro atoms. The van der Waals surface area contributed by atoms with Crippen LogP contribution in [0.3, 0.4) is 0 Å². The first-order valence-electron chi connectivity index (χ1n) is 8.92. The minimum Gasteiger partial charge on any atom is -0.486 e. The first kappa shape index (κ1) is 15.8. The van der Waals surface area contributed by atoms with Crippen LogP contribution in [-0.2, 0) is 10.2 Å². The molecule has 1 saturated heterocycles. The van der Waals surface area contributed by atoms with E-state index in [2.05, 4.69) is 0 Å². The zero-order chi connectivity index (χ0) is 16.9. The molecule has 130 valence electrons. The first-order valence-corrected chi connectivity index (χ1v) is 8.92. The largest absolute Gasteiger partial charge is 0.486 e. The lowest BCUT2D eigenvalue weighted by Gasteiger charge is -2.31. The van der Waals surface area contributed by atoms with Gasteiger partial charge < -0.3 is 20.1 Å². The molecule has 3 aliphatic rings. The van der Waals surface area contributed by atoms with E-state index >= 15 is 0 Å². The normalized spacial score (nSPS) is 28.8. The zero-order valence-corrected chi connectivity index (χ0v) is 14.5. The summed E-state index contributed by atoms with van der Waals surface area (Å²) < 4.78 is 11.3. The topological polar surface area (TPSA) is 64.8 Å². The minimum atomic E-state index is -0.585. The molecule has 2 heterocycles. The molecule has 3 atom stereocenters. The monoisotopic (exact) mass is 330 g/mol. The third-order valence-corrected chi connectivity index (χ3v) is 6.00. The number of nitrogens with zero attached hydrogens (tertiary/aromatic N) is 1. The number of amides is 1. The van der Waals surface area contributed by atoms with Gasteiger partial charge in [0.25, 0.3) is 0 Å². The van der Waals surface area contributed by atoms with Gasteiger partial charge in [0.2, 0.25) is 5.91 Å². The first-order chi connectivity index (χ1) is 11.5. The van der Waals surface area contributed by atoms with Crippen molar-refractivity contribution in [3.8, 4) is 11.5 Å². The Morgan fingerprint density at radius 2 is 1.92 bits per heavy atom. The second kappa shape index (κ2) is 5.66. The van der Waals surface area contributed by atoms with Crippen LogP contribution < -0.4 is 15.2 Å².